The van der Waals surface area contributed by atoms with Crippen LogP contribution in [0.3, 0.4) is 0 Å². The number of nitrogens with zero attached hydrogens (tertiary/aromatic N) is 3. The van der Waals surface area contributed by atoms with Crippen molar-refractivity contribution in [2.45, 2.75) is 0 Å². The summed E-state index contributed by atoms with van der Waals surface area (Å²) < 4.78 is 0. The molecule has 7 nitrogen and oxygen atoms in total. The third-order valence-corrected chi connectivity index (χ3v) is 2.53. The second-order valence-electron chi connectivity index (χ2n) is 4.68. The highest BCUT2D eigenvalue weighted by Gasteiger charge is 2.07. The molecule has 0 aliphatic heterocycles. The second-order valence-corrected chi connectivity index (χ2v) is 4.68. The lowest BCUT2D eigenvalue weighted by molar-refractivity contribution is 0.0827. The van der Waals surface area contributed by atoms with Gasteiger partial charge in [0.1, 0.15) is 5.82 Å². The highest BCUT2D eigenvalue weighted by molar-refractivity contribution is 5.93. The molecule has 1 heterocycles. The van der Waals surface area contributed by atoms with E-state index in [0.717, 1.165) is 0 Å². The van der Waals surface area contributed by atoms with Crippen molar-refractivity contribution in [3.8, 4) is 0 Å². The first-order valence-electron chi connectivity index (χ1n) is 6.28. The summed E-state index contributed by atoms with van der Waals surface area (Å²) in [5.41, 5.74) is 0.543. The van der Waals surface area contributed by atoms with Crippen molar-refractivity contribution in [2.75, 3.05) is 46.6 Å². The lowest BCUT2D eigenvalue weighted by atomic mass is 10.2. The van der Waals surface area contributed by atoms with Gasteiger partial charge in [-0.1, -0.05) is 0 Å². The first kappa shape index (κ1) is 15.7. The largest absolute Gasteiger partial charge is 0.368 e. The monoisotopic (exact) mass is 279 g/mol. The molecule has 1 rings (SSSR count). The summed E-state index contributed by atoms with van der Waals surface area (Å²) in [6, 6.07) is 3.33. The molecule has 0 unspecified atom stereocenters. The number of nitrogens with one attached hydrogen (secondary N) is 2. The summed E-state index contributed by atoms with van der Waals surface area (Å²) in [6.45, 7) is 1.06. The zero-order valence-electron chi connectivity index (χ0n) is 12.3. The molecular formula is C13H21N5O2. The topological polar surface area (TPSA) is 77.6 Å². The van der Waals surface area contributed by atoms with E-state index in [1.807, 2.05) is 0 Å². The minimum absolute atomic E-state index is 0.0812. The predicted molar refractivity (Wildman–Crippen MR) is 77.8 cm³/mol. The van der Waals surface area contributed by atoms with Crippen LogP contribution < -0.4 is 10.6 Å². The van der Waals surface area contributed by atoms with Gasteiger partial charge in [0.25, 0.3) is 5.91 Å². The van der Waals surface area contributed by atoms with Crippen molar-refractivity contribution < 1.29 is 9.59 Å². The molecule has 0 bridgehead atoms. The summed E-state index contributed by atoms with van der Waals surface area (Å²) >= 11 is 0. The van der Waals surface area contributed by atoms with Crippen LogP contribution in [0.15, 0.2) is 18.3 Å². The van der Waals surface area contributed by atoms with Crippen molar-refractivity contribution in [1.29, 1.82) is 0 Å². The molecule has 0 aliphatic carbocycles. The van der Waals surface area contributed by atoms with Gasteiger partial charge in [-0.15, -0.1) is 0 Å². The number of urea groups is 1. The zero-order valence-corrected chi connectivity index (χ0v) is 12.3. The van der Waals surface area contributed by atoms with Crippen LogP contribution in [-0.4, -0.2) is 68.0 Å². The van der Waals surface area contributed by atoms with Crippen molar-refractivity contribution in [1.82, 2.24) is 20.1 Å². The average Bonchev–Trinajstić information content (AvgIpc) is 2.43. The standard InChI is InChI=1S/C13H21N5O2/c1-17(2)12(19)10-5-6-11(16-9-10)14-7-8-15-13(20)18(3)4/h5-6,9H,7-8H2,1-4H3,(H,14,16)(H,15,20). The summed E-state index contributed by atoms with van der Waals surface area (Å²) in [4.78, 5) is 30.1. The maximum atomic E-state index is 11.7. The Balaban J connectivity index is 2.39. The van der Waals surface area contributed by atoms with Gasteiger partial charge in [-0.3, -0.25) is 4.79 Å². The lowest BCUT2D eigenvalue weighted by Gasteiger charge is -2.13. The minimum Gasteiger partial charge on any atom is -0.368 e. The fourth-order valence-electron chi connectivity index (χ4n) is 1.40. The van der Waals surface area contributed by atoms with Crippen molar-refractivity contribution in [2.24, 2.45) is 0 Å². The molecule has 0 aliphatic rings. The van der Waals surface area contributed by atoms with E-state index in [1.54, 1.807) is 40.3 Å². The number of rotatable bonds is 5. The molecule has 0 aromatic carbocycles. The quantitative estimate of drug-likeness (QED) is 0.768. The number of aromatic nitrogens is 1. The Morgan fingerprint density at radius 3 is 2.30 bits per heavy atom. The third kappa shape index (κ3) is 4.75. The Morgan fingerprint density at radius 1 is 1.10 bits per heavy atom. The first-order chi connectivity index (χ1) is 9.41. The van der Waals surface area contributed by atoms with E-state index < -0.39 is 0 Å². The Bertz CT molecular complexity index is 456. The van der Waals surface area contributed by atoms with Gasteiger partial charge in [0, 0.05) is 47.5 Å². The Labute approximate surface area is 119 Å². The van der Waals surface area contributed by atoms with Gasteiger partial charge in [-0.25, -0.2) is 9.78 Å². The van der Waals surface area contributed by atoms with Gasteiger partial charge in [0.05, 0.1) is 5.56 Å². The van der Waals surface area contributed by atoms with Crippen LogP contribution in [0.5, 0.6) is 0 Å². The Morgan fingerprint density at radius 2 is 1.80 bits per heavy atom. The smallest absolute Gasteiger partial charge is 0.316 e. The number of carbonyl (C=O) groups excluding carboxylic acids is 2. The summed E-state index contributed by atoms with van der Waals surface area (Å²) in [7, 11) is 6.76. The molecule has 0 atom stereocenters. The molecule has 0 saturated carbocycles. The van der Waals surface area contributed by atoms with Gasteiger partial charge < -0.3 is 20.4 Å². The number of carbonyl (C=O) groups is 2. The van der Waals surface area contributed by atoms with Crippen LogP contribution in [0.2, 0.25) is 0 Å². The van der Waals surface area contributed by atoms with Crippen LogP contribution in [0, 0.1) is 0 Å². The predicted octanol–water partition coefficient (Wildman–Crippen LogP) is 0.467. The molecule has 1 aromatic rings. The van der Waals surface area contributed by atoms with Crippen LogP contribution in [0.25, 0.3) is 0 Å². The highest BCUT2D eigenvalue weighted by atomic mass is 16.2. The second kappa shape index (κ2) is 7.32. The van der Waals surface area contributed by atoms with E-state index in [0.29, 0.717) is 24.5 Å². The Hall–Kier alpha value is -2.31. The Kier molecular flexibility index (Phi) is 5.76. The molecule has 2 N–H and O–H groups in total. The number of amides is 3. The molecule has 0 saturated heterocycles. The highest BCUT2D eigenvalue weighted by Crippen LogP contribution is 2.06. The first-order valence-corrected chi connectivity index (χ1v) is 6.28. The van der Waals surface area contributed by atoms with Gasteiger partial charge in [-0.05, 0) is 12.1 Å². The van der Waals surface area contributed by atoms with Gasteiger partial charge >= 0.3 is 6.03 Å². The molecular weight excluding hydrogens is 258 g/mol. The van der Waals surface area contributed by atoms with Crippen molar-refractivity contribution >= 4 is 17.8 Å². The van der Waals surface area contributed by atoms with Crippen LogP contribution in [-0.2, 0) is 0 Å². The van der Waals surface area contributed by atoms with Crippen molar-refractivity contribution in [3.63, 3.8) is 0 Å². The van der Waals surface area contributed by atoms with Gasteiger partial charge in [0.2, 0.25) is 0 Å². The maximum Gasteiger partial charge on any atom is 0.316 e. The minimum atomic E-state index is -0.133. The summed E-state index contributed by atoms with van der Waals surface area (Å²) in [5.74, 6) is 0.585. The summed E-state index contributed by atoms with van der Waals surface area (Å²) in [6.07, 6.45) is 1.53. The van der Waals surface area contributed by atoms with E-state index in [4.69, 9.17) is 0 Å². The van der Waals surface area contributed by atoms with Gasteiger partial charge in [0.15, 0.2) is 0 Å². The molecule has 110 valence electrons. The fourth-order valence-corrected chi connectivity index (χ4v) is 1.40. The third-order valence-electron chi connectivity index (χ3n) is 2.53. The molecule has 7 heteroatoms. The van der Waals surface area contributed by atoms with Crippen molar-refractivity contribution in [3.05, 3.63) is 23.9 Å². The van der Waals surface area contributed by atoms with E-state index in [-0.39, 0.29) is 11.9 Å². The molecule has 3 amide bonds. The number of anilines is 1. The number of pyridine rings is 1. The zero-order chi connectivity index (χ0) is 15.1. The number of hydrogen-bond acceptors (Lipinski definition) is 4. The SMILES string of the molecule is CN(C)C(=O)NCCNc1ccc(C(=O)N(C)C)cn1. The van der Waals surface area contributed by atoms with Gasteiger partial charge in [-0.2, -0.15) is 0 Å². The normalized spacial score (nSPS) is 9.80. The average molecular weight is 279 g/mol. The lowest BCUT2D eigenvalue weighted by Crippen LogP contribution is -2.37. The van der Waals surface area contributed by atoms with E-state index in [1.165, 1.54) is 16.0 Å². The molecule has 0 fully saturated rings. The molecule has 0 radical (unpaired) electrons. The van der Waals surface area contributed by atoms with E-state index >= 15 is 0 Å². The summed E-state index contributed by atoms with van der Waals surface area (Å²) in [5, 5.41) is 5.80. The van der Waals surface area contributed by atoms with E-state index in [2.05, 4.69) is 15.6 Å². The van der Waals surface area contributed by atoms with Crippen LogP contribution in [0.4, 0.5) is 10.6 Å². The molecule has 20 heavy (non-hydrogen) atoms. The molecule has 1 aromatic heterocycles. The maximum absolute atomic E-state index is 11.7. The van der Waals surface area contributed by atoms with Crippen LogP contribution in [0.1, 0.15) is 10.4 Å². The van der Waals surface area contributed by atoms with Crippen LogP contribution >= 0.6 is 0 Å². The fraction of sp³-hybridized carbons (Fsp3) is 0.462. The molecule has 0 spiro atoms. The number of hydrogen-bond donors (Lipinski definition) is 2. The van der Waals surface area contributed by atoms with E-state index in [9.17, 15) is 9.59 Å².